The summed E-state index contributed by atoms with van der Waals surface area (Å²) in [5.74, 6) is 6.18. The quantitative estimate of drug-likeness (QED) is 0.410. The van der Waals surface area contributed by atoms with Gasteiger partial charge >= 0.3 is 6.18 Å². The van der Waals surface area contributed by atoms with E-state index in [9.17, 15) is 13.2 Å². The smallest absolute Gasteiger partial charge is 0.359 e. The predicted molar refractivity (Wildman–Crippen MR) is 98.7 cm³/mol. The zero-order valence-corrected chi connectivity index (χ0v) is 14.5. The van der Waals surface area contributed by atoms with Gasteiger partial charge in [0.1, 0.15) is 0 Å². The van der Waals surface area contributed by atoms with Crippen molar-refractivity contribution in [1.29, 1.82) is 0 Å². The summed E-state index contributed by atoms with van der Waals surface area (Å²) in [4.78, 5) is 7.24. The fraction of sp³-hybridized carbons (Fsp3) is 0.0625. The van der Waals surface area contributed by atoms with Gasteiger partial charge in [-0.2, -0.15) is 13.2 Å². The Hall–Kier alpha value is -2.58. The lowest BCUT2D eigenvalue weighted by Gasteiger charge is -2.06. The Balaban J connectivity index is 0.00000196. The van der Waals surface area contributed by atoms with E-state index in [2.05, 4.69) is 15.3 Å². The van der Waals surface area contributed by atoms with Gasteiger partial charge in [-0.25, -0.2) is 9.66 Å². The number of rotatable bonds is 2. The zero-order valence-electron chi connectivity index (χ0n) is 12.9. The first-order valence-corrected chi connectivity index (χ1v) is 7.59. The Morgan fingerprint density at radius 1 is 1.15 bits per heavy atom. The highest BCUT2D eigenvalue weighted by atomic mass is 35.5. The van der Waals surface area contributed by atoms with Crippen molar-refractivity contribution >= 4 is 57.6 Å². The molecule has 10 heteroatoms. The van der Waals surface area contributed by atoms with E-state index in [4.69, 9.17) is 17.4 Å². The number of fused-ring (bicyclic) bond motifs is 2. The molecule has 0 saturated carbocycles. The summed E-state index contributed by atoms with van der Waals surface area (Å²) in [6, 6.07) is 8.58. The Bertz CT molecular complexity index is 1100. The number of alkyl halides is 3. The van der Waals surface area contributed by atoms with E-state index in [1.54, 1.807) is 18.3 Å². The van der Waals surface area contributed by atoms with Crippen LogP contribution in [-0.4, -0.2) is 14.6 Å². The van der Waals surface area contributed by atoms with Gasteiger partial charge < -0.3 is 16.1 Å². The van der Waals surface area contributed by atoms with Gasteiger partial charge in [-0.05, 0) is 36.4 Å². The largest absolute Gasteiger partial charge is 0.416 e. The first-order valence-electron chi connectivity index (χ1n) is 7.21. The molecule has 0 fully saturated rings. The maximum atomic E-state index is 12.8. The molecule has 0 saturated heterocycles. The average molecular weight is 402 g/mol. The average Bonchev–Trinajstić information content (AvgIpc) is 3.08. The molecule has 0 radical (unpaired) electrons. The molecule has 0 aliphatic carbocycles. The van der Waals surface area contributed by atoms with Crippen LogP contribution in [0.25, 0.3) is 21.9 Å². The maximum Gasteiger partial charge on any atom is 0.416 e. The molecule has 0 aliphatic heterocycles. The first kappa shape index (κ1) is 18.2. The number of imidazole rings is 1. The number of hydrogen-bond donors (Lipinski definition) is 3. The molecule has 4 N–H and O–H groups in total. The number of aromatic nitrogens is 3. The molecule has 136 valence electrons. The van der Waals surface area contributed by atoms with Crippen molar-refractivity contribution < 1.29 is 13.2 Å². The molecule has 0 spiro atoms. The number of H-pyrrole nitrogens is 1. The number of benzene rings is 2. The van der Waals surface area contributed by atoms with Crippen LogP contribution in [0.2, 0.25) is 5.02 Å². The van der Waals surface area contributed by atoms with E-state index in [-0.39, 0.29) is 23.9 Å². The molecule has 0 aliphatic rings. The third kappa shape index (κ3) is 3.02. The molecule has 26 heavy (non-hydrogen) atoms. The lowest BCUT2D eigenvalue weighted by molar-refractivity contribution is -0.137. The molecule has 4 aromatic rings. The Morgan fingerprint density at radius 2 is 1.92 bits per heavy atom. The third-order valence-electron chi connectivity index (χ3n) is 3.91. The monoisotopic (exact) mass is 401 g/mol. The van der Waals surface area contributed by atoms with Crippen molar-refractivity contribution in [1.82, 2.24) is 14.6 Å². The molecule has 0 amide bonds. The standard InChI is InChI=1S/C16H11ClF3N5.ClH/c17-9-2-3-11-10(6-9)13(7-22-11)24-15-23-12-5-8(16(18,19)20)1-4-14(12)25(15)21;/h1-7,22H,21H2,(H,23,24);1H. The van der Waals surface area contributed by atoms with Gasteiger partial charge in [0.25, 0.3) is 0 Å². The molecular formula is C16H12Cl2F3N5. The number of anilines is 2. The lowest BCUT2D eigenvalue weighted by atomic mass is 10.2. The second-order valence-corrected chi connectivity index (χ2v) is 5.96. The number of aromatic amines is 1. The van der Waals surface area contributed by atoms with Gasteiger partial charge in [-0.15, -0.1) is 12.4 Å². The maximum absolute atomic E-state index is 12.8. The highest BCUT2D eigenvalue weighted by Gasteiger charge is 2.31. The van der Waals surface area contributed by atoms with Gasteiger partial charge in [0.15, 0.2) is 0 Å². The summed E-state index contributed by atoms with van der Waals surface area (Å²) >= 11 is 6.01. The van der Waals surface area contributed by atoms with Gasteiger partial charge in [0.05, 0.1) is 22.3 Å². The minimum Gasteiger partial charge on any atom is -0.359 e. The summed E-state index contributed by atoms with van der Waals surface area (Å²) in [7, 11) is 0. The molecule has 2 aromatic carbocycles. The summed E-state index contributed by atoms with van der Waals surface area (Å²) < 4.78 is 39.7. The fourth-order valence-corrected chi connectivity index (χ4v) is 2.85. The van der Waals surface area contributed by atoms with Crippen LogP contribution < -0.4 is 11.2 Å². The molecule has 2 heterocycles. The highest BCUT2D eigenvalue weighted by molar-refractivity contribution is 6.31. The summed E-state index contributed by atoms with van der Waals surface area (Å²) in [5, 5.41) is 4.40. The van der Waals surface area contributed by atoms with Crippen molar-refractivity contribution in [3.63, 3.8) is 0 Å². The predicted octanol–water partition coefficient (Wildman–Crippen LogP) is 5.07. The number of nitrogens with zero attached hydrogens (tertiary/aromatic N) is 2. The van der Waals surface area contributed by atoms with Crippen molar-refractivity contribution in [3.05, 3.63) is 53.2 Å². The van der Waals surface area contributed by atoms with Gasteiger partial charge in [-0.1, -0.05) is 11.6 Å². The van der Waals surface area contributed by atoms with E-state index in [1.807, 2.05) is 6.07 Å². The van der Waals surface area contributed by atoms with Crippen LogP contribution in [0.3, 0.4) is 0 Å². The molecule has 0 bridgehead atoms. The van der Waals surface area contributed by atoms with Crippen molar-refractivity contribution in [2.75, 3.05) is 11.2 Å². The number of nitrogens with one attached hydrogen (secondary N) is 2. The molecular weight excluding hydrogens is 390 g/mol. The minimum atomic E-state index is -4.44. The van der Waals surface area contributed by atoms with Gasteiger partial charge in [0.2, 0.25) is 5.95 Å². The van der Waals surface area contributed by atoms with Crippen LogP contribution in [0.15, 0.2) is 42.6 Å². The van der Waals surface area contributed by atoms with E-state index in [0.29, 0.717) is 16.2 Å². The molecule has 0 atom stereocenters. The van der Waals surface area contributed by atoms with Crippen molar-refractivity contribution in [2.45, 2.75) is 6.18 Å². The molecule has 0 unspecified atom stereocenters. The van der Waals surface area contributed by atoms with Gasteiger partial charge in [0, 0.05) is 22.1 Å². The number of nitrogens with two attached hydrogens (primary N) is 1. The van der Waals surface area contributed by atoms with Gasteiger partial charge in [-0.3, -0.25) is 0 Å². The number of hydrogen-bond acceptors (Lipinski definition) is 3. The Morgan fingerprint density at radius 3 is 2.65 bits per heavy atom. The molecule has 5 nitrogen and oxygen atoms in total. The number of nitrogen functional groups attached to an aromatic ring is 1. The van der Waals surface area contributed by atoms with Crippen LogP contribution in [0.4, 0.5) is 24.8 Å². The molecule has 4 rings (SSSR count). The number of halogens is 5. The van der Waals surface area contributed by atoms with Crippen molar-refractivity contribution in [2.24, 2.45) is 0 Å². The van der Waals surface area contributed by atoms with Crippen LogP contribution in [-0.2, 0) is 6.18 Å². The minimum absolute atomic E-state index is 0. The zero-order chi connectivity index (χ0) is 17.8. The summed E-state index contributed by atoms with van der Waals surface area (Å²) in [5.41, 5.74) is 1.27. The van der Waals surface area contributed by atoms with Crippen molar-refractivity contribution in [3.8, 4) is 0 Å². The van der Waals surface area contributed by atoms with E-state index < -0.39 is 11.7 Å². The van der Waals surface area contributed by atoms with Crippen LogP contribution in [0.5, 0.6) is 0 Å². The Labute approximate surface area is 156 Å². The van der Waals surface area contributed by atoms with Crippen LogP contribution >= 0.6 is 24.0 Å². The molecule has 2 aromatic heterocycles. The van der Waals surface area contributed by atoms with Crippen LogP contribution in [0, 0.1) is 0 Å². The van der Waals surface area contributed by atoms with E-state index in [1.165, 1.54) is 10.7 Å². The lowest BCUT2D eigenvalue weighted by Crippen LogP contribution is -2.11. The topological polar surface area (TPSA) is 71.7 Å². The SMILES string of the molecule is Cl.Nn1c(Nc2c[nH]c3ccc(Cl)cc23)nc2cc(C(F)(F)F)ccc21. The Kier molecular flexibility index (Phi) is 4.41. The normalized spacial score (nSPS) is 11.7. The summed E-state index contributed by atoms with van der Waals surface area (Å²) in [6.45, 7) is 0. The fourth-order valence-electron chi connectivity index (χ4n) is 2.68. The van der Waals surface area contributed by atoms with E-state index >= 15 is 0 Å². The third-order valence-corrected chi connectivity index (χ3v) is 4.14. The first-order chi connectivity index (χ1) is 11.8. The summed E-state index contributed by atoms with van der Waals surface area (Å²) in [6.07, 6.45) is -2.73. The second-order valence-electron chi connectivity index (χ2n) is 5.52. The van der Waals surface area contributed by atoms with E-state index in [0.717, 1.165) is 23.0 Å². The van der Waals surface area contributed by atoms with Crippen LogP contribution in [0.1, 0.15) is 5.56 Å². The highest BCUT2D eigenvalue weighted by Crippen LogP contribution is 2.33. The second kappa shape index (κ2) is 6.30.